The maximum Gasteiger partial charge on any atom is 0.263 e. The summed E-state index contributed by atoms with van der Waals surface area (Å²) in [6, 6.07) is 3.17. The second kappa shape index (κ2) is 9.11. The number of nitrogens with one attached hydrogen (secondary N) is 3. The molecule has 0 radical (unpaired) electrons. The predicted octanol–water partition coefficient (Wildman–Crippen LogP) is 1.75. The molecule has 1 fully saturated rings. The average Bonchev–Trinajstić information content (AvgIpc) is 3.39. The van der Waals surface area contributed by atoms with Crippen LogP contribution in [0.1, 0.15) is 44.2 Å². The lowest BCUT2D eigenvalue weighted by atomic mass is 9.95. The van der Waals surface area contributed by atoms with Crippen LogP contribution in [-0.4, -0.2) is 53.0 Å². The second-order valence-electron chi connectivity index (χ2n) is 9.87. The van der Waals surface area contributed by atoms with Crippen LogP contribution in [-0.2, 0) is 28.5 Å². The summed E-state index contributed by atoms with van der Waals surface area (Å²) < 4.78 is 32.6. The van der Waals surface area contributed by atoms with Crippen molar-refractivity contribution in [2.24, 2.45) is 7.05 Å². The molecule has 192 valence electrons. The Labute approximate surface area is 209 Å². The fourth-order valence-corrected chi connectivity index (χ4v) is 6.04. The van der Waals surface area contributed by atoms with Crippen LogP contribution in [0.3, 0.4) is 0 Å². The van der Waals surface area contributed by atoms with E-state index in [2.05, 4.69) is 26.7 Å². The first kappa shape index (κ1) is 24.6. The first-order chi connectivity index (χ1) is 17.1. The van der Waals surface area contributed by atoms with Gasteiger partial charge in [-0.25, -0.2) is 23.6 Å². The third kappa shape index (κ3) is 4.81. The van der Waals surface area contributed by atoms with E-state index in [0.717, 1.165) is 30.5 Å². The van der Waals surface area contributed by atoms with Crippen molar-refractivity contribution in [1.29, 1.82) is 0 Å². The van der Waals surface area contributed by atoms with Crippen LogP contribution in [0.15, 0.2) is 40.3 Å². The van der Waals surface area contributed by atoms with E-state index in [9.17, 15) is 13.2 Å². The molecule has 0 saturated heterocycles. The lowest BCUT2D eigenvalue weighted by Gasteiger charge is -2.22. The monoisotopic (exact) mass is 513 g/mol. The molecule has 1 aromatic carbocycles. The fraction of sp³-hybridized carbons (Fsp3) is 0.458. The maximum absolute atomic E-state index is 13.9. The summed E-state index contributed by atoms with van der Waals surface area (Å²) in [6.07, 6.45) is 7.78. The zero-order valence-corrected chi connectivity index (χ0v) is 21.6. The van der Waals surface area contributed by atoms with Crippen LogP contribution in [0.2, 0.25) is 0 Å². The van der Waals surface area contributed by atoms with E-state index in [4.69, 9.17) is 9.82 Å². The fourth-order valence-electron chi connectivity index (χ4n) is 4.53. The molecule has 2 aliphatic rings. The topological polar surface area (TPSA) is 132 Å². The Morgan fingerprint density at radius 2 is 2.08 bits per heavy atom. The van der Waals surface area contributed by atoms with Crippen LogP contribution in [0, 0.1) is 0 Å². The number of aromatic nitrogens is 4. The van der Waals surface area contributed by atoms with Gasteiger partial charge in [-0.1, -0.05) is 6.08 Å². The Balaban J connectivity index is 1.75. The smallest absolute Gasteiger partial charge is 0.263 e. The molecule has 1 aliphatic carbocycles. The normalized spacial score (nSPS) is 19.3. The number of anilines is 1. The highest BCUT2D eigenvalue weighted by Crippen LogP contribution is 2.37. The molecule has 1 unspecified atom stereocenters. The number of sulfonamides is 1. The molecule has 0 amide bonds. The van der Waals surface area contributed by atoms with E-state index >= 15 is 0 Å². The quantitative estimate of drug-likeness (QED) is 0.388. The summed E-state index contributed by atoms with van der Waals surface area (Å²) in [4.78, 5) is 23.8. The average molecular weight is 514 g/mol. The summed E-state index contributed by atoms with van der Waals surface area (Å²) in [6.45, 7) is 4.84. The molecule has 0 bridgehead atoms. The zero-order valence-electron chi connectivity index (χ0n) is 20.8. The Morgan fingerprint density at radius 1 is 1.31 bits per heavy atom. The number of hydrogen-bond donors (Lipinski definition) is 3. The number of benzene rings is 1. The molecule has 12 heteroatoms. The lowest BCUT2D eigenvalue weighted by Crippen LogP contribution is -2.34. The van der Waals surface area contributed by atoms with Crippen molar-refractivity contribution < 1.29 is 13.3 Å². The molecule has 0 spiro atoms. The van der Waals surface area contributed by atoms with Gasteiger partial charge in [0.25, 0.3) is 5.56 Å². The van der Waals surface area contributed by atoms with Crippen LogP contribution < -0.4 is 21.1 Å². The number of nitrogens with zero attached hydrogens (tertiary/aromatic N) is 4. The van der Waals surface area contributed by atoms with Gasteiger partial charge < -0.3 is 5.32 Å². The SMILES string of the molecule is CONc1nc2c(C3=CC(C)NCC3)cc(S(=O)(=O)NC3(C)CC3)cc2c(=O)n1Cc1cnn(C)c1. The first-order valence-electron chi connectivity index (χ1n) is 11.9. The molecule has 3 heterocycles. The highest BCUT2D eigenvalue weighted by atomic mass is 32.2. The summed E-state index contributed by atoms with van der Waals surface area (Å²) in [7, 11) is -0.607. The van der Waals surface area contributed by atoms with Gasteiger partial charge in [0, 0.05) is 36.0 Å². The van der Waals surface area contributed by atoms with Crippen molar-refractivity contribution in [3.8, 4) is 0 Å². The number of aryl methyl sites for hydroxylation is 1. The van der Waals surface area contributed by atoms with E-state index in [1.165, 1.54) is 17.7 Å². The van der Waals surface area contributed by atoms with Gasteiger partial charge in [-0.15, -0.1) is 0 Å². The van der Waals surface area contributed by atoms with Crippen molar-refractivity contribution in [3.05, 3.63) is 52.1 Å². The van der Waals surface area contributed by atoms with Crippen molar-refractivity contribution in [2.45, 2.75) is 56.1 Å². The molecular formula is C24H31N7O4S. The summed E-state index contributed by atoms with van der Waals surface area (Å²) in [5, 5.41) is 7.77. The van der Waals surface area contributed by atoms with Gasteiger partial charge in [0.1, 0.15) is 0 Å². The van der Waals surface area contributed by atoms with Crippen LogP contribution in [0.25, 0.3) is 16.5 Å². The van der Waals surface area contributed by atoms with Crippen LogP contribution in [0.4, 0.5) is 5.95 Å². The van der Waals surface area contributed by atoms with E-state index in [1.54, 1.807) is 30.2 Å². The number of hydrogen-bond acceptors (Lipinski definition) is 8. The Bertz CT molecular complexity index is 1520. The molecule has 5 rings (SSSR count). The summed E-state index contributed by atoms with van der Waals surface area (Å²) in [5.41, 5.74) is 4.71. The van der Waals surface area contributed by atoms with Crippen molar-refractivity contribution in [1.82, 2.24) is 29.4 Å². The predicted molar refractivity (Wildman–Crippen MR) is 137 cm³/mol. The van der Waals surface area contributed by atoms with Gasteiger partial charge in [-0.05, 0) is 57.4 Å². The molecule has 1 aliphatic heterocycles. The molecule has 2 aromatic heterocycles. The van der Waals surface area contributed by atoms with Gasteiger partial charge >= 0.3 is 0 Å². The first-order valence-corrected chi connectivity index (χ1v) is 13.4. The third-order valence-corrected chi connectivity index (χ3v) is 8.29. The second-order valence-corrected chi connectivity index (χ2v) is 11.6. The van der Waals surface area contributed by atoms with Crippen LogP contribution in [0.5, 0.6) is 0 Å². The van der Waals surface area contributed by atoms with Gasteiger partial charge in [0.2, 0.25) is 16.0 Å². The molecular weight excluding hydrogens is 482 g/mol. The van der Waals surface area contributed by atoms with Gasteiger partial charge in [-0.3, -0.25) is 18.9 Å². The van der Waals surface area contributed by atoms with Crippen molar-refractivity contribution in [3.63, 3.8) is 0 Å². The Morgan fingerprint density at radius 3 is 2.72 bits per heavy atom. The van der Waals surface area contributed by atoms with E-state index in [1.807, 2.05) is 13.8 Å². The third-order valence-electron chi connectivity index (χ3n) is 6.67. The summed E-state index contributed by atoms with van der Waals surface area (Å²) >= 11 is 0. The lowest BCUT2D eigenvalue weighted by molar-refractivity contribution is 0.264. The van der Waals surface area contributed by atoms with Crippen LogP contribution >= 0.6 is 0 Å². The highest BCUT2D eigenvalue weighted by molar-refractivity contribution is 7.89. The minimum absolute atomic E-state index is 0.0597. The molecule has 36 heavy (non-hydrogen) atoms. The molecule has 3 N–H and O–H groups in total. The molecule has 3 aromatic rings. The molecule has 11 nitrogen and oxygen atoms in total. The Kier molecular flexibility index (Phi) is 6.23. The largest absolute Gasteiger partial charge is 0.310 e. The summed E-state index contributed by atoms with van der Waals surface area (Å²) in [5.74, 6) is 0.224. The van der Waals surface area contributed by atoms with Crippen molar-refractivity contribution >= 4 is 32.4 Å². The number of fused-ring (bicyclic) bond motifs is 1. The minimum Gasteiger partial charge on any atom is -0.310 e. The molecule has 1 atom stereocenters. The van der Waals surface area contributed by atoms with Gasteiger partial charge in [0.05, 0.1) is 35.6 Å². The van der Waals surface area contributed by atoms with Gasteiger partial charge in [-0.2, -0.15) is 5.10 Å². The van der Waals surface area contributed by atoms with E-state index in [-0.39, 0.29) is 34.4 Å². The minimum atomic E-state index is -3.85. The Hall–Kier alpha value is -3.06. The molecule has 1 saturated carbocycles. The standard InChI is InChI=1S/C24H31N7O4S/c1-15-9-17(5-8-25-15)19-10-18(36(33,34)29-24(2)6-7-24)11-20-21(19)27-23(28-35-4)31(22(20)32)14-16-12-26-30(3)13-16/h9-13,15,25,29H,5-8,14H2,1-4H3,(H,27,28). The maximum atomic E-state index is 13.9. The number of rotatable bonds is 8. The highest BCUT2D eigenvalue weighted by Gasteiger charge is 2.41. The zero-order chi connectivity index (χ0) is 25.7. The van der Waals surface area contributed by atoms with E-state index in [0.29, 0.717) is 17.5 Å². The van der Waals surface area contributed by atoms with Gasteiger partial charge in [0.15, 0.2) is 0 Å². The van der Waals surface area contributed by atoms with E-state index < -0.39 is 15.6 Å². The van der Waals surface area contributed by atoms with Crippen molar-refractivity contribution in [2.75, 3.05) is 19.1 Å².